The maximum atomic E-state index is 12.1. The van der Waals surface area contributed by atoms with Gasteiger partial charge in [0.15, 0.2) is 5.75 Å². The van der Waals surface area contributed by atoms with E-state index in [-0.39, 0.29) is 6.09 Å². The van der Waals surface area contributed by atoms with Crippen molar-refractivity contribution in [3.63, 3.8) is 0 Å². The highest BCUT2D eigenvalue weighted by atomic mass is 16.6. The zero-order chi connectivity index (χ0) is 19.9. The molecule has 1 aromatic rings. The van der Waals surface area contributed by atoms with Gasteiger partial charge in [0.25, 0.3) is 0 Å². The fourth-order valence-corrected chi connectivity index (χ4v) is 2.39. The highest BCUT2D eigenvalue weighted by Crippen LogP contribution is 2.16. The van der Waals surface area contributed by atoms with Gasteiger partial charge >= 0.3 is 6.09 Å². The number of carbonyl (C=O) groups is 1. The molecule has 1 aliphatic heterocycles. The van der Waals surface area contributed by atoms with Crippen LogP contribution in [-0.2, 0) is 4.74 Å². The van der Waals surface area contributed by atoms with Crippen molar-refractivity contribution in [3.05, 3.63) is 49.4 Å². The first-order valence-electron chi connectivity index (χ1n) is 8.93. The standard InChI is InChI=1S/C20H28N4O3/c1-6-7-8-16(2)15-26-17-13-21-18(22-14-17)23-9-11-24(12-10-23)19(25)27-20(3,4)5/h6-8,13-14H,1-2,9-12,15H2,3-5H3/b8-7-. The van der Waals surface area contributed by atoms with Gasteiger partial charge in [0, 0.05) is 26.2 Å². The molecular formula is C20H28N4O3. The van der Waals surface area contributed by atoms with E-state index in [1.165, 1.54) is 0 Å². The summed E-state index contributed by atoms with van der Waals surface area (Å²) < 4.78 is 11.0. The third kappa shape index (κ3) is 6.77. The number of amides is 1. The van der Waals surface area contributed by atoms with Gasteiger partial charge in [0.1, 0.15) is 12.2 Å². The molecule has 1 saturated heterocycles. The summed E-state index contributed by atoms with van der Waals surface area (Å²) in [5.74, 6) is 1.20. The Bertz CT molecular complexity index is 684. The van der Waals surface area contributed by atoms with E-state index in [9.17, 15) is 4.79 Å². The average molecular weight is 372 g/mol. The zero-order valence-corrected chi connectivity index (χ0v) is 16.4. The van der Waals surface area contributed by atoms with Crippen LogP contribution < -0.4 is 9.64 Å². The van der Waals surface area contributed by atoms with Crippen LogP contribution in [0.4, 0.5) is 10.7 Å². The predicted octanol–water partition coefficient (Wildman–Crippen LogP) is 3.21. The Hall–Kier alpha value is -2.83. The molecular weight excluding hydrogens is 344 g/mol. The molecule has 0 bridgehead atoms. The van der Waals surface area contributed by atoms with Gasteiger partial charge in [-0.25, -0.2) is 14.8 Å². The number of aromatic nitrogens is 2. The summed E-state index contributed by atoms with van der Waals surface area (Å²) in [5.41, 5.74) is 0.345. The lowest BCUT2D eigenvalue weighted by Gasteiger charge is -2.35. The third-order valence-electron chi connectivity index (χ3n) is 3.72. The van der Waals surface area contributed by atoms with Gasteiger partial charge < -0.3 is 19.3 Å². The van der Waals surface area contributed by atoms with E-state index < -0.39 is 5.60 Å². The molecule has 0 unspecified atom stereocenters. The summed E-state index contributed by atoms with van der Waals surface area (Å²) in [6, 6.07) is 0. The van der Waals surface area contributed by atoms with Gasteiger partial charge in [-0.1, -0.05) is 31.4 Å². The summed E-state index contributed by atoms with van der Waals surface area (Å²) in [6.45, 7) is 15.9. The zero-order valence-electron chi connectivity index (χ0n) is 16.4. The number of hydrogen-bond acceptors (Lipinski definition) is 6. The normalized spacial score (nSPS) is 14.9. The molecule has 0 aliphatic carbocycles. The number of allylic oxidation sites excluding steroid dienone is 2. The van der Waals surface area contributed by atoms with Gasteiger partial charge in [-0.2, -0.15) is 0 Å². The van der Waals surface area contributed by atoms with Crippen LogP contribution in [0.1, 0.15) is 20.8 Å². The maximum Gasteiger partial charge on any atom is 0.410 e. The molecule has 1 aliphatic rings. The highest BCUT2D eigenvalue weighted by Gasteiger charge is 2.26. The fourth-order valence-electron chi connectivity index (χ4n) is 2.39. The third-order valence-corrected chi connectivity index (χ3v) is 3.72. The molecule has 0 N–H and O–H groups in total. The monoisotopic (exact) mass is 372 g/mol. The quantitative estimate of drug-likeness (QED) is 0.714. The summed E-state index contributed by atoms with van der Waals surface area (Å²) >= 11 is 0. The van der Waals surface area contributed by atoms with Crippen molar-refractivity contribution in [1.82, 2.24) is 14.9 Å². The number of piperazine rings is 1. The van der Waals surface area contributed by atoms with Crippen LogP contribution in [0.3, 0.4) is 0 Å². The molecule has 1 aromatic heterocycles. The molecule has 1 fully saturated rings. The summed E-state index contributed by atoms with van der Waals surface area (Å²) in [5, 5.41) is 0. The van der Waals surface area contributed by atoms with Crippen molar-refractivity contribution >= 4 is 12.0 Å². The minimum Gasteiger partial charge on any atom is -0.486 e. The van der Waals surface area contributed by atoms with Crippen LogP contribution in [0.25, 0.3) is 0 Å². The smallest absolute Gasteiger partial charge is 0.410 e. The topological polar surface area (TPSA) is 67.8 Å². The lowest BCUT2D eigenvalue weighted by atomic mass is 10.2. The van der Waals surface area contributed by atoms with Gasteiger partial charge in [0.05, 0.1) is 12.4 Å². The van der Waals surface area contributed by atoms with Crippen LogP contribution in [0.15, 0.2) is 49.4 Å². The number of nitrogens with zero attached hydrogens (tertiary/aromatic N) is 4. The Morgan fingerprint density at radius 1 is 1.22 bits per heavy atom. The molecule has 0 saturated carbocycles. The van der Waals surface area contributed by atoms with Gasteiger partial charge in [0.2, 0.25) is 5.95 Å². The maximum absolute atomic E-state index is 12.1. The molecule has 7 heteroatoms. The largest absolute Gasteiger partial charge is 0.486 e. The van der Waals surface area contributed by atoms with E-state index in [2.05, 4.69) is 23.1 Å². The molecule has 2 heterocycles. The molecule has 146 valence electrons. The van der Waals surface area contributed by atoms with Crippen LogP contribution >= 0.6 is 0 Å². The molecule has 7 nitrogen and oxygen atoms in total. The van der Waals surface area contributed by atoms with E-state index in [1.807, 2.05) is 37.8 Å². The number of carbonyl (C=O) groups excluding carboxylic acids is 1. The number of hydrogen-bond donors (Lipinski definition) is 0. The van der Waals surface area contributed by atoms with Crippen molar-refractivity contribution in [2.75, 3.05) is 37.7 Å². The average Bonchev–Trinajstić information content (AvgIpc) is 2.64. The first kappa shape index (κ1) is 20.5. The SMILES string of the molecule is C=C/C=C\C(=C)COc1cnc(N2CCN(C(=O)OC(C)(C)C)CC2)nc1. The second-order valence-electron chi connectivity index (χ2n) is 7.21. The van der Waals surface area contributed by atoms with Crippen molar-refractivity contribution in [3.8, 4) is 5.75 Å². The first-order valence-corrected chi connectivity index (χ1v) is 8.93. The molecule has 0 atom stereocenters. The minimum absolute atomic E-state index is 0.280. The molecule has 27 heavy (non-hydrogen) atoms. The van der Waals surface area contributed by atoms with E-state index in [4.69, 9.17) is 9.47 Å². The number of ether oxygens (including phenoxy) is 2. The van der Waals surface area contributed by atoms with Gasteiger partial charge in [-0.15, -0.1) is 0 Å². The highest BCUT2D eigenvalue weighted by molar-refractivity contribution is 5.68. The van der Waals surface area contributed by atoms with E-state index in [0.29, 0.717) is 44.5 Å². The fraction of sp³-hybridized carbons (Fsp3) is 0.450. The van der Waals surface area contributed by atoms with Crippen LogP contribution in [-0.4, -0.2) is 59.3 Å². The molecule has 0 spiro atoms. The molecule has 2 rings (SSSR count). The van der Waals surface area contributed by atoms with E-state index >= 15 is 0 Å². The lowest BCUT2D eigenvalue weighted by Crippen LogP contribution is -2.50. The molecule has 0 radical (unpaired) electrons. The molecule has 0 aromatic carbocycles. The lowest BCUT2D eigenvalue weighted by molar-refractivity contribution is 0.0240. The predicted molar refractivity (Wildman–Crippen MR) is 106 cm³/mol. The van der Waals surface area contributed by atoms with Crippen molar-refractivity contribution in [2.45, 2.75) is 26.4 Å². The Morgan fingerprint density at radius 3 is 2.41 bits per heavy atom. The van der Waals surface area contributed by atoms with Gasteiger partial charge in [-0.3, -0.25) is 0 Å². The van der Waals surface area contributed by atoms with Crippen molar-refractivity contribution < 1.29 is 14.3 Å². The number of anilines is 1. The van der Waals surface area contributed by atoms with Crippen LogP contribution in [0, 0.1) is 0 Å². The van der Waals surface area contributed by atoms with E-state index in [0.717, 1.165) is 5.57 Å². The minimum atomic E-state index is -0.486. The first-order chi connectivity index (χ1) is 12.8. The van der Waals surface area contributed by atoms with Crippen molar-refractivity contribution in [2.24, 2.45) is 0 Å². The number of rotatable bonds is 6. The second-order valence-corrected chi connectivity index (χ2v) is 7.21. The molecule has 1 amide bonds. The van der Waals surface area contributed by atoms with Crippen LogP contribution in [0.2, 0.25) is 0 Å². The summed E-state index contributed by atoms with van der Waals surface area (Å²) in [4.78, 5) is 24.6. The summed E-state index contributed by atoms with van der Waals surface area (Å²) in [7, 11) is 0. The second kappa shape index (κ2) is 9.21. The Labute approximate surface area is 161 Å². The summed E-state index contributed by atoms with van der Waals surface area (Å²) in [6.07, 6.45) is 8.35. The Balaban J connectivity index is 1.83. The van der Waals surface area contributed by atoms with Crippen LogP contribution in [0.5, 0.6) is 5.75 Å². The van der Waals surface area contributed by atoms with Crippen molar-refractivity contribution in [1.29, 1.82) is 0 Å². The van der Waals surface area contributed by atoms with Gasteiger partial charge in [-0.05, 0) is 26.3 Å². The Morgan fingerprint density at radius 2 is 1.85 bits per heavy atom. The Kier molecular flexibility index (Phi) is 6.98. The van der Waals surface area contributed by atoms with E-state index in [1.54, 1.807) is 23.4 Å².